The number of aryl methyl sites for hydroxylation is 1. The normalized spacial score (nSPS) is 16.7. The van der Waals surface area contributed by atoms with Gasteiger partial charge in [-0.1, -0.05) is 0 Å². The molecular weight excluding hydrogens is 248 g/mol. The lowest BCUT2D eigenvalue weighted by atomic mass is 10.2. The molecule has 0 bridgehead atoms. The minimum atomic E-state index is -0.449. The summed E-state index contributed by atoms with van der Waals surface area (Å²) in [7, 11) is 0. The first kappa shape index (κ1) is 13.8. The van der Waals surface area contributed by atoms with Crippen LogP contribution < -0.4 is 5.32 Å². The maximum atomic E-state index is 11.1. The Bertz CT molecular complexity index is 480. The van der Waals surface area contributed by atoms with Crippen molar-refractivity contribution < 1.29 is 10.0 Å². The standard InChI is InChI=1S/C12H20N4O3/c1-7(2)15-12(11(16(18)19)8(3)14-15)13-6-10(17)9-4-5-9/h7,9-10,13,17H,4-6H2,1-3H3. The Morgan fingerprint density at radius 3 is 2.68 bits per heavy atom. The molecule has 7 nitrogen and oxygen atoms in total. The number of aliphatic hydroxyl groups is 1. The lowest BCUT2D eigenvalue weighted by molar-refractivity contribution is -0.384. The molecule has 0 aliphatic heterocycles. The van der Waals surface area contributed by atoms with E-state index in [2.05, 4.69) is 10.4 Å². The molecule has 2 N–H and O–H groups in total. The van der Waals surface area contributed by atoms with E-state index in [0.29, 0.717) is 24.0 Å². The van der Waals surface area contributed by atoms with Crippen molar-refractivity contribution in [3.05, 3.63) is 15.8 Å². The molecule has 0 aromatic carbocycles. The van der Waals surface area contributed by atoms with Gasteiger partial charge in [-0.15, -0.1) is 0 Å². The molecule has 1 aromatic heterocycles. The molecule has 1 aliphatic carbocycles. The van der Waals surface area contributed by atoms with E-state index in [0.717, 1.165) is 12.8 Å². The van der Waals surface area contributed by atoms with E-state index < -0.39 is 11.0 Å². The van der Waals surface area contributed by atoms with Crippen LogP contribution >= 0.6 is 0 Å². The summed E-state index contributed by atoms with van der Waals surface area (Å²) in [6.45, 7) is 5.78. The maximum absolute atomic E-state index is 11.1. The van der Waals surface area contributed by atoms with E-state index in [4.69, 9.17) is 0 Å². The van der Waals surface area contributed by atoms with E-state index in [1.807, 2.05) is 13.8 Å². The van der Waals surface area contributed by atoms with Crippen molar-refractivity contribution in [2.45, 2.75) is 45.8 Å². The molecule has 0 spiro atoms. The van der Waals surface area contributed by atoms with Crippen molar-refractivity contribution in [2.24, 2.45) is 5.92 Å². The predicted molar refractivity (Wildman–Crippen MR) is 71.2 cm³/mol. The Balaban J connectivity index is 2.21. The van der Waals surface area contributed by atoms with Crippen molar-refractivity contribution in [3.63, 3.8) is 0 Å². The summed E-state index contributed by atoms with van der Waals surface area (Å²) < 4.78 is 1.60. The molecule has 0 saturated heterocycles. The van der Waals surface area contributed by atoms with Gasteiger partial charge in [0.15, 0.2) is 0 Å². The first-order valence-corrected chi connectivity index (χ1v) is 6.57. The predicted octanol–water partition coefficient (Wildman–Crippen LogP) is 1.86. The first-order valence-electron chi connectivity index (χ1n) is 6.57. The van der Waals surface area contributed by atoms with Crippen molar-refractivity contribution in [1.82, 2.24) is 9.78 Å². The SMILES string of the molecule is Cc1nn(C(C)C)c(NCC(O)C2CC2)c1[N+](=O)[O-]. The average molecular weight is 268 g/mol. The van der Waals surface area contributed by atoms with Crippen LogP contribution in [0.1, 0.15) is 38.4 Å². The van der Waals surface area contributed by atoms with Crippen LogP contribution in [-0.4, -0.2) is 32.5 Å². The number of nitrogens with one attached hydrogen (secondary N) is 1. The minimum Gasteiger partial charge on any atom is -0.391 e. The Morgan fingerprint density at radius 2 is 2.21 bits per heavy atom. The number of nitrogens with zero attached hydrogens (tertiary/aromatic N) is 3. The zero-order chi connectivity index (χ0) is 14.2. The Kier molecular flexibility index (Phi) is 3.75. The summed E-state index contributed by atoms with van der Waals surface area (Å²) in [5.74, 6) is 0.722. The monoisotopic (exact) mass is 268 g/mol. The molecule has 1 unspecified atom stereocenters. The number of aromatic nitrogens is 2. The van der Waals surface area contributed by atoms with Crippen LogP contribution in [0, 0.1) is 23.0 Å². The molecule has 1 saturated carbocycles. The van der Waals surface area contributed by atoms with E-state index in [-0.39, 0.29) is 11.7 Å². The van der Waals surface area contributed by atoms with E-state index in [9.17, 15) is 15.2 Å². The lowest BCUT2D eigenvalue weighted by Gasteiger charge is -2.14. The summed E-state index contributed by atoms with van der Waals surface area (Å²) >= 11 is 0. The highest BCUT2D eigenvalue weighted by Crippen LogP contribution is 2.34. The molecule has 1 atom stereocenters. The van der Waals surface area contributed by atoms with Crippen LogP contribution in [0.5, 0.6) is 0 Å². The highest BCUT2D eigenvalue weighted by Gasteiger charge is 2.31. The van der Waals surface area contributed by atoms with Gasteiger partial charge in [-0.25, -0.2) is 4.68 Å². The molecule has 0 amide bonds. The summed E-state index contributed by atoms with van der Waals surface area (Å²) in [4.78, 5) is 10.7. The second kappa shape index (κ2) is 5.16. The number of hydrogen-bond acceptors (Lipinski definition) is 5. The second-order valence-corrected chi connectivity index (χ2v) is 5.36. The molecule has 0 radical (unpaired) electrons. The highest BCUT2D eigenvalue weighted by atomic mass is 16.6. The number of rotatable bonds is 6. The second-order valence-electron chi connectivity index (χ2n) is 5.36. The fraction of sp³-hybridized carbons (Fsp3) is 0.750. The molecule has 106 valence electrons. The summed E-state index contributed by atoms with van der Waals surface area (Å²) in [5, 5.41) is 28.2. The maximum Gasteiger partial charge on any atom is 0.333 e. The van der Waals surface area contributed by atoms with Gasteiger partial charge in [0.2, 0.25) is 5.82 Å². The molecule has 19 heavy (non-hydrogen) atoms. The summed E-state index contributed by atoms with van der Waals surface area (Å²) in [6.07, 6.45) is 1.62. The van der Waals surface area contributed by atoms with Gasteiger partial charge in [0.25, 0.3) is 0 Å². The van der Waals surface area contributed by atoms with Crippen LogP contribution in [0.4, 0.5) is 11.5 Å². The summed E-state index contributed by atoms with van der Waals surface area (Å²) in [5.41, 5.74) is 0.388. The zero-order valence-electron chi connectivity index (χ0n) is 11.5. The van der Waals surface area contributed by atoms with Crippen molar-refractivity contribution >= 4 is 11.5 Å². The quantitative estimate of drug-likeness (QED) is 0.606. The lowest BCUT2D eigenvalue weighted by Crippen LogP contribution is -2.23. The number of anilines is 1. The molecule has 7 heteroatoms. The molecule has 1 heterocycles. The van der Waals surface area contributed by atoms with E-state index in [1.165, 1.54) is 0 Å². The van der Waals surface area contributed by atoms with E-state index >= 15 is 0 Å². The molecule has 1 aromatic rings. The van der Waals surface area contributed by atoms with Gasteiger partial charge in [-0.05, 0) is 39.5 Å². The Labute approximate surface area is 111 Å². The molecule has 1 fully saturated rings. The molecule has 2 rings (SSSR count). The fourth-order valence-electron chi connectivity index (χ4n) is 2.14. The molecular formula is C12H20N4O3. The largest absolute Gasteiger partial charge is 0.391 e. The van der Waals surface area contributed by atoms with Gasteiger partial charge in [-0.2, -0.15) is 5.10 Å². The number of aliphatic hydroxyl groups excluding tert-OH is 1. The van der Waals surface area contributed by atoms with Crippen molar-refractivity contribution in [3.8, 4) is 0 Å². The van der Waals surface area contributed by atoms with Gasteiger partial charge in [-0.3, -0.25) is 10.1 Å². The van der Waals surface area contributed by atoms with Crippen LogP contribution in [0.15, 0.2) is 0 Å². The third kappa shape index (κ3) is 2.86. The van der Waals surface area contributed by atoms with Crippen LogP contribution in [0.25, 0.3) is 0 Å². The zero-order valence-corrected chi connectivity index (χ0v) is 11.5. The topological polar surface area (TPSA) is 93.2 Å². The minimum absolute atomic E-state index is 0.00306. The van der Waals surface area contributed by atoms with Gasteiger partial charge < -0.3 is 10.4 Å². The number of hydrogen-bond donors (Lipinski definition) is 2. The Morgan fingerprint density at radius 1 is 1.58 bits per heavy atom. The molecule has 1 aliphatic rings. The Hall–Kier alpha value is -1.63. The number of nitro groups is 1. The van der Waals surface area contributed by atoms with Gasteiger partial charge in [0, 0.05) is 12.6 Å². The van der Waals surface area contributed by atoms with Gasteiger partial charge in [0.1, 0.15) is 5.69 Å². The van der Waals surface area contributed by atoms with E-state index in [1.54, 1.807) is 11.6 Å². The van der Waals surface area contributed by atoms with Crippen molar-refractivity contribution in [1.29, 1.82) is 0 Å². The van der Waals surface area contributed by atoms with Gasteiger partial charge in [0.05, 0.1) is 11.0 Å². The highest BCUT2D eigenvalue weighted by molar-refractivity contribution is 5.59. The summed E-state index contributed by atoms with van der Waals surface area (Å²) in [6, 6.07) is 0.0213. The van der Waals surface area contributed by atoms with Crippen LogP contribution in [0.3, 0.4) is 0 Å². The smallest absolute Gasteiger partial charge is 0.333 e. The third-order valence-electron chi connectivity index (χ3n) is 3.37. The first-order chi connectivity index (χ1) is 8.91. The van der Waals surface area contributed by atoms with Crippen LogP contribution in [-0.2, 0) is 0 Å². The third-order valence-corrected chi connectivity index (χ3v) is 3.37. The van der Waals surface area contributed by atoms with Gasteiger partial charge >= 0.3 is 5.69 Å². The van der Waals surface area contributed by atoms with Crippen LogP contribution in [0.2, 0.25) is 0 Å². The fourth-order valence-corrected chi connectivity index (χ4v) is 2.14. The average Bonchev–Trinajstić information content (AvgIpc) is 3.09. The van der Waals surface area contributed by atoms with Crippen molar-refractivity contribution in [2.75, 3.05) is 11.9 Å².